The largest absolute Gasteiger partial charge is 0.363 e. The molecule has 1 aliphatic heterocycles. The third kappa shape index (κ3) is 0.899. The van der Waals surface area contributed by atoms with E-state index in [0.29, 0.717) is 6.61 Å². The Morgan fingerprint density at radius 3 is 2.71 bits per heavy atom. The van der Waals surface area contributed by atoms with Gasteiger partial charge in [-0.05, 0) is 0 Å². The second-order valence-electron chi connectivity index (χ2n) is 1.44. The number of carbonyl (C=O) groups is 1. The van der Waals surface area contributed by atoms with Crippen LogP contribution in [0.25, 0.3) is 0 Å². The molecule has 0 aliphatic carbocycles. The lowest BCUT2D eigenvalue weighted by molar-refractivity contribution is -0.121. The van der Waals surface area contributed by atoms with Crippen molar-refractivity contribution in [1.82, 2.24) is 5.32 Å². The van der Waals surface area contributed by atoms with E-state index in [1.165, 1.54) is 0 Å². The Morgan fingerprint density at radius 2 is 2.57 bits per heavy atom. The van der Waals surface area contributed by atoms with Gasteiger partial charge in [-0.2, -0.15) is 0 Å². The van der Waals surface area contributed by atoms with Gasteiger partial charge in [-0.3, -0.25) is 4.79 Å². The van der Waals surface area contributed by atoms with Gasteiger partial charge in [0.1, 0.15) is 0 Å². The van der Waals surface area contributed by atoms with E-state index in [2.05, 4.69) is 10.1 Å². The lowest BCUT2D eigenvalue weighted by Crippen LogP contribution is -2.23. The summed E-state index contributed by atoms with van der Waals surface area (Å²) in [6.45, 7) is 0.597. The number of hydrogen-bond acceptors (Lipinski definition) is 2. The third-order valence-corrected chi connectivity index (χ3v) is 0.872. The van der Waals surface area contributed by atoms with E-state index in [9.17, 15) is 4.79 Å². The highest BCUT2D eigenvalue weighted by atomic mass is 16.6. The molecule has 1 atom stereocenters. The predicted octanol–water partition coefficient (Wildman–Crippen LogP) is -0.869. The van der Waals surface area contributed by atoms with E-state index >= 15 is 0 Å². The Hall–Kier alpha value is -0.570. The maximum atomic E-state index is 10.3. The molecule has 1 heterocycles. The summed E-state index contributed by atoms with van der Waals surface area (Å²) in [5.74, 6) is -0.0139. The van der Waals surface area contributed by atoms with Gasteiger partial charge >= 0.3 is 0 Å². The Bertz CT molecular complexity index is 87.7. The van der Waals surface area contributed by atoms with Gasteiger partial charge in [0.15, 0.2) is 6.10 Å². The average Bonchev–Trinajstić information content (AvgIpc) is 2.44. The fourth-order valence-electron chi connectivity index (χ4n) is 0.360. The number of hydrogen-bond donors (Lipinski definition) is 1. The summed E-state index contributed by atoms with van der Waals surface area (Å²) in [5, 5.41) is 2.46. The number of carbonyl (C=O) groups excluding carboxylic acids is 1. The van der Waals surface area contributed by atoms with Gasteiger partial charge < -0.3 is 10.1 Å². The van der Waals surface area contributed by atoms with Crippen molar-refractivity contribution in [3.05, 3.63) is 0 Å². The number of rotatable bonds is 1. The summed E-state index contributed by atoms with van der Waals surface area (Å²) in [6.07, 6.45) is -0.134. The number of nitrogens with one attached hydrogen (secondary N) is 1. The summed E-state index contributed by atoms with van der Waals surface area (Å²) < 4.78 is 4.65. The molecular formula is C4H7NO2. The van der Waals surface area contributed by atoms with E-state index in [1.807, 2.05) is 0 Å². The molecule has 1 aliphatic rings. The first kappa shape index (κ1) is 4.59. The summed E-state index contributed by atoms with van der Waals surface area (Å²) in [5.41, 5.74) is 0. The summed E-state index contributed by atoms with van der Waals surface area (Å²) >= 11 is 0. The molecule has 1 unspecified atom stereocenters. The zero-order chi connectivity index (χ0) is 5.28. The molecule has 1 fully saturated rings. The SMILES string of the molecule is CNC(=O)C1CO1. The molecule has 0 spiro atoms. The minimum atomic E-state index is -0.134. The van der Waals surface area contributed by atoms with Crippen LogP contribution >= 0.6 is 0 Å². The van der Waals surface area contributed by atoms with Gasteiger partial charge in [-0.25, -0.2) is 0 Å². The van der Waals surface area contributed by atoms with Crippen molar-refractivity contribution in [1.29, 1.82) is 0 Å². The molecule has 1 rings (SSSR count). The van der Waals surface area contributed by atoms with Gasteiger partial charge in [-0.15, -0.1) is 0 Å². The first-order valence-electron chi connectivity index (χ1n) is 2.18. The molecule has 1 N–H and O–H groups in total. The molecule has 7 heavy (non-hydrogen) atoms. The fourth-order valence-corrected chi connectivity index (χ4v) is 0.360. The smallest absolute Gasteiger partial charge is 0.251 e. The molecule has 0 aromatic heterocycles. The maximum absolute atomic E-state index is 10.3. The predicted molar refractivity (Wildman–Crippen MR) is 23.8 cm³/mol. The third-order valence-electron chi connectivity index (χ3n) is 0.872. The number of ether oxygens (including phenoxy) is 1. The minimum Gasteiger partial charge on any atom is -0.363 e. The van der Waals surface area contributed by atoms with Crippen molar-refractivity contribution in [3.63, 3.8) is 0 Å². The molecule has 1 amide bonds. The van der Waals surface area contributed by atoms with Crippen LogP contribution in [0.3, 0.4) is 0 Å². The molecule has 0 radical (unpaired) electrons. The Labute approximate surface area is 41.7 Å². The number of epoxide rings is 1. The van der Waals surface area contributed by atoms with Crippen molar-refractivity contribution in [2.24, 2.45) is 0 Å². The molecule has 1 saturated heterocycles. The normalized spacial score (nSPS) is 26.7. The zero-order valence-corrected chi connectivity index (χ0v) is 4.10. The van der Waals surface area contributed by atoms with E-state index < -0.39 is 0 Å². The number of amides is 1. The first-order chi connectivity index (χ1) is 3.34. The standard InChI is InChI=1S/C4H7NO2/c1-5-4(6)3-2-7-3/h3H,2H2,1H3,(H,5,6). The van der Waals surface area contributed by atoms with Crippen LogP contribution in [0.2, 0.25) is 0 Å². The maximum Gasteiger partial charge on any atom is 0.251 e. The van der Waals surface area contributed by atoms with Crippen LogP contribution in [-0.2, 0) is 9.53 Å². The van der Waals surface area contributed by atoms with Gasteiger partial charge in [-0.1, -0.05) is 0 Å². The molecule has 0 saturated carbocycles. The minimum absolute atomic E-state index is 0.0139. The van der Waals surface area contributed by atoms with E-state index in [4.69, 9.17) is 0 Å². The highest BCUT2D eigenvalue weighted by Gasteiger charge is 2.29. The highest BCUT2D eigenvalue weighted by Crippen LogP contribution is 2.06. The highest BCUT2D eigenvalue weighted by molar-refractivity contribution is 5.82. The van der Waals surface area contributed by atoms with E-state index in [0.717, 1.165) is 0 Å². The van der Waals surface area contributed by atoms with Crippen LogP contribution in [0.4, 0.5) is 0 Å². The second-order valence-corrected chi connectivity index (χ2v) is 1.44. The summed E-state index contributed by atoms with van der Waals surface area (Å²) in [6, 6.07) is 0. The van der Waals surface area contributed by atoms with Crippen molar-refractivity contribution in [2.75, 3.05) is 13.7 Å². The molecule has 0 bridgehead atoms. The lowest BCUT2D eigenvalue weighted by Gasteiger charge is -1.87. The van der Waals surface area contributed by atoms with E-state index in [1.54, 1.807) is 7.05 Å². The fraction of sp³-hybridized carbons (Fsp3) is 0.750. The van der Waals surface area contributed by atoms with Crippen LogP contribution in [0, 0.1) is 0 Å². The molecule has 3 nitrogen and oxygen atoms in total. The molecular weight excluding hydrogens is 94.0 g/mol. The average molecular weight is 101 g/mol. The van der Waals surface area contributed by atoms with Gasteiger partial charge in [0.05, 0.1) is 6.61 Å². The van der Waals surface area contributed by atoms with Crippen LogP contribution in [-0.4, -0.2) is 25.7 Å². The Morgan fingerprint density at radius 1 is 2.00 bits per heavy atom. The van der Waals surface area contributed by atoms with Crippen molar-refractivity contribution in [3.8, 4) is 0 Å². The topological polar surface area (TPSA) is 41.6 Å². The lowest BCUT2D eigenvalue weighted by atomic mass is 10.5. The van der Waals surface area contributed by atoms with Gasteiger partial charge in [0, 0.05) is 7.05 Å². The van der Waals surface area contributed by atoms with Gasteiger partial charge in [0.2, 0.25) is 0 Å². The Kier molecular flexibility index (Phi) is 0.982. The number of likely N-dealkylation sites (N-methyl/N-ethyl adjacent to an activating group) is 1. The van der Waals surface area contributed by atoms with E-state index in [-0.39, 0.29) is 12.0 Å². The molecule has 0 aromatic rings. The van der Waals surface area contributed by atoms with Crippen LogP contribution in [0.15, 0.2) is 0 Å². The second kappa shape index (κ2) is 1.50. The van der Waals surface area contributed by atoms with Crippen LogP contribution in [0.1, 0.15) is 0 Å². The van der Waals surface area contributed by atoms with Crippen molar-refractivity contribution >= 4 is 5.91 Å². The van der Waals surface area contributed by atoms with Crippen molar-refractivity contribution in [2.45, 2.75) is 6.10 Å². The summed E-state index contributed by atoms with van der Waals surface area (Å²) in [4.78, 5) is 10.3. The first-order valence-corrected chi connectivity index (χ1v) is 2.18. The molecule has 0 aromatic carbocycles. The molecule has 40 valence electrons. The monoisotopic (exact) mass is 101 g/mol. The van der Waals surface area contributed by atoms with Crippen molar-refractivity contribution < 1.29 is 9.53 Å². The summed E-state index contributed by atoms with van der Waals surface area (Å²) in [7, 11) is 1.60. The van der Waals surface area contributed by atoms with Crippen LogP contribution < -0.4 is 5.32 Å². The van der Waals surface area contributed by atoms with Crippen LogP contribution in [0.5, 0.6) is 0 Å². The quantitative estimate of drug-likeness (QED) is 0.436. The zero-order valence-electron chi connectivity index (χ0n) is 4.10. The van der Waals surface area contributed by atoms with Gasteiger partial charge in [0.25, 0.3) is 5.91 Å². The molecule has 3 heteroatoms. The Balaban J connectivity index is 2.24.